The van der Waals surface area contributed by atoms with Gasteiger partial charge in [0.1, 0.15) is 5.82 Å². The van der Waals surface area contributed by atoms with Gasteiger partial charge >= 0.3 is 0 Å². The highest BCUT2D eigenvalue weighted by atomic mass is 32.2. The van der Waals surface area contributed by atoms with Crippen LogP contribution in [0.15, 0.2) is 58.3 Å². The van der Waals surface area contributed by atoms with Crippen LogP contribution in [0.25, 0.3) is 0 Å². The van der Waals surface area contributed by atoms with E-state index in [9.17, 15) is 18.0 Å². The number of carbonyl (C=O) groups excluding carboxylic acids is 1. The van der Waals surface area contributed by atoms with Crippen molar-refractivity contribution in [3.63, 3.8) is 0 Å². The molecule has 0 fully saturated rings. The molecule has 1 amide bonds. The molecule has 0 saturated carbocycles. The molecule has 2 aromatic carbocycles. The molecule has 0 aliphatic carbocycles. The summed E-state index contributed by atoms with van der Waals surface area (Å²) in [4.78, 5) is 13.2. The molecular formula is C16H14F3NOS2. The minimum absolute atomic E-state index is 0.158. The Morgan fingerprint density at radius 1 is 1.00 bits per heavy atom. The first-order valence-electron chi connectivity index (χ1n) is 6.76. The SMILES string of the molecule is O=C(CCSc1ccc(F)cc1)Nc1ccc(SC(F)F)cc1. The lowest BCUT2D eigenvalue weighted by Crippen LogP contribution is -2.12. The predicted octanol–water partition coefficient (Wildman–Crippen LogP) is 5.26. The minimum atomic E-state index is -2.46. The maximum Gasteiger partial charge on any atom is 0.288 e. The van der Waals surface area contributed by atoms with Crippen LogP contribution in [0, 0.1) is 5.82 Å². The summed E-state index contributed by atoms with van der Waals surface area (Å²) in [6.07, 6.45) is 0.301. The average molecular weight is 357 g/mol. The zero-order chi connectivity index (χ0) is 16.7. The summed E-state index contributed by atoms with van der Waals surface area (Å²) in [5.41, 5.74) is 0.570. The Kier molecular flexibility index (Phi) is 6.85. The molecule has 0 aromatic heterocycles. The number of hydrogen-bond donors (Lipinski definition) is 1. The van der Waals surface area contributed by atoms with Gasteiger partial charge in [-0.3, -0.25) is 4.79 Å². The summed E-state index contributed by atoms with van der Waals surface area (Å²) < 4.78 is 37.2. The maximum absolute atomic E-state index is 12.8. The third kappa shape index (κ3) is 6.58. The van der Waals surface area contributed by atoms with Crippen LogP contribution in [0.4, 0.5) is 18.9 Å². The van der Waals surface area contributed by atoms with E-state index in [1.165, 1.54) is 23.9 Å². The quantitative estimate of drug-likeness (QED) is 0.685. The first kappa shape index (κ1) is 17.7. The Morgan fingerprint density at radius 3 is 2.22 bits per heavy atom. The van der Waals surface area contributed by atoms with E-state index in [-0.39, 0.29) is 11.7 Å². The van der Waals surface area contributed by atoms with Crippen molar-refractivity contribution < 1.29 is 18.0 Å². The number of benzene rings is 2. The number of alkyl halides is 2. The van der Waals surface area contributed by atoms with Gasteiger partial charge in [-0.05, 0) is 48.5 Å². The smallest absolute Gasteiger partial charge is 0.288 e. The Hall–Kier alpha value is -1.60. The molecule has 1 N–H and O–H groups in total. The molecule has 0 heterocycles. The lowest BCUT2D eigenvalue weighted by molar-refractivity contribution is -0.115. The van der Waals surface area contributed by atoms with Crippen molar-refractivity contribution in [3.05, 3.63) is 54.3 Å². The number of nitrogens with one attached hydrogen (secondary N) is 1. The number of hydrogen-bond acceptors (Lipinski definition) is 3. The lowest BCUT2D eigenvalue weighted by atomic mass is 10.3. The molecule has 2 aromatic rings. The van der Waals surface area contributed by atoms with E-state index in [0.29, 0.717) is 34.5 Å². The fraction of sp³-hybridized carbons (Fsp3) is 0.188. The summed E-state index contributed by atoms with van der Waals surface area (Å²) in [5.74, 6) is -2.34. The van der Waals surface area contributed by atoms with Crippen LogP contribution in [0.2, 0.25) is 0 Å². The number of anilines is 1. The van der Waals surface area contributed by atoms with E-state index in [1.54, 1.807) is 36.4 Å². The van der Waals surface area contributed by atoms with Gasteiger partial charge in [0.15, 0.2) is 0 Å². The van der Waals surface area contributed by atoms with Crippen molar-refractivity contribution in [2.24, 2.45) is 0 Å². The fourth-order valence-corrected chi connectivity index (χ4v) is 3.09. The van der Waals surface area contributed by atoms with Crippen molar-refractivity contribution in [1.29, 1.82) is 0 Å². The summed E-state index contributed by atoms with van der Waals surface area (Å²) >= 11 is 1.93. The molecule has 0 aliphatic heterocycles. The number of amides is 1. The lowest BCUT2D eigenvalue weighted by Gasteiger charge is -2.06. The van der Waals surface area contributed by atoms with Gasteiger partial charge in [0.2, 0.25) is 5.91 Å². The monoisotopic (exact) mass is 357 g/mol. The van der Waals surface area contributed by atoms with Crippen molar-refractivity contribution in [2.45, 2.75) is 22.0 Å². The zero-order valence-corrected chi connectivity index (χ0v) is 13.6. The Bertz CT molecular complexity index is 633. The molecule has 0 atom stereocenters. The average Bonchev–Trinajstić information content (AvgIpc) is 2.51. The Balaban J connectivity index is 1.75. The number of halogens is 3. The van der Waals surface area contributed by atoms with E-state index < -0.39 is 5.76 Å². The van der Waals surface area contributed by atoms with E-state index in [1.807, 2.05) is 0 Å². The third-order valence-electron chi connectivity index (χ3n) is 2.77. The van der Waals surface area contributed by atoms with E-state index >= 15 is 0 Å². The fourth-order valence-electron chi connectivity index (χ4n) is 1.74. The highest BCUT2D eigenvalue weighted by Crippen LogP contribution is 2.26. The second-order valence-corrected chi connectivity index (χ2v) is 6.74. The maximum atomic E-state index is 12.8. The largest absolute Gasteiger partial charge is 0.326 e. The number of carbonyl (C=O) groups is 1. The van der Waals surface area contributed by atoms with E-state index in [0.717, 1.165) is 4.90 Å². The first-order chi connectivity index (χ1) is 11.0. The zero-order valence-electron chi connectivity index (χ0n) is 12.0. The molecule has 7 heteroatoms. The van der Waals surface area contributed by atoms with Crippen molar-refractivity contribution >= 4 is 35.1 Å². The molecule has 2 nitrogen and oxygen atoms in total. The van der Waals surface area contributed by atoms with Crippen LogP contribution < -0.4 is 5.32 Å². The Morgan fingerprint density at radius 2 is 1.61 bits per heavy atom. The minimum Gasteiger partial charge on any atom is -0.326 e. The molecule has 0 spiro atoms. The van der Waals surface area contributed by atoms with Gasteiger partial charge in [0.05, 0.1) is 0 Å². The molecular weight excluding hydrogens is 343 g/mol. The second-order valence-electron chi connectivity index (χ2n) is 4.50. The highest BCUT2D eigenvalue weighted by molar-refractivity contribution is 7.99. The molecule has 23 heavy (non-hydrogen) atoms. The van der Waals surface area contributed by atoms with E-state index in [2.05, 4.69) is 5.32 Å². The van der Waals surface area contributed by atoms with Gasteiger partial charge < -0.3 is 5.32 Å². The summed E-state index contributed by atoms with van der Waals surface area (Å²) in [6, 6.07) is 12.3. The van der Waals surface area contributed by atoms with Gasteiger partial charge in [-0.15, -0.1) is 11.8 Å². The van der Waals surface area contributed by atoms with Crippen LogP contribution in [-0.2, 0) is 4.79 Å². The first-order valence-corrected chi connectivity index (χ1v) is 8.62. The van der Waals surface area contributed by atoms with Gasteiger partial charge in [0.25, 0.3) is 5.76 Å². The van der Waals surface area contributed by atoms with Gasteiger partial charge in [-0.1, -0.05) is 11.8 Å². The highest BCUT2D eigenvalue weighted by Gasteiger charge is 2.06. The van der Waals surface area contributed by atoms with Crippen LogP contribution in [0.3, 0.4) is 0 Å². The topological polar surface area (TPSA) is 29.1 Å². The summed E-state index contributed by atoms with van der Waals surface area (Å²) in [6.45, 7) is 0. The van der Waals surface area contributed by atoms with Gasteiger partial charge in [-0.2, -0.15) is 8.78 Å². The molecule has 2 rings (SSSR count). The molecule has 122 valence electrons. The summed E-state index contributed by atoms with van der Waals surface area (Å²) in [7, 11) is 0. The second kappa shape index (κ2) is 8.88. The molecule has 0 radical (unpaired) electrons. The van der Waals surface area contributed by atoms with Gasteiger partial charge in [0, 0.05) is 27.7 Å². The molecule has 0 bridgehead atoms. The predicted molar refractivity (Wildman–Crippen MR) is 88.7 cm³/mol. The van der Waals surface area contributed by atoms with Crippen LogP contribution >= 0.6 is 23.5 Å². The molecule has 0 saturated heterocycles. The van der Waals surface area contributed by atoms with Crippen molar-refractivity contribution in [3.8, 4) is 0 Å². The van der Waals surface area contributed by atoms with Crippen molar-refractivity contribution in [1.82, 2.24) is 0 Å². The third-order valence-corrected chi connectivity index (χ3v) is 4.51. The Labute approximate surface area is 140 Å². The standard InChI is InChI=1S/C16H14F3NOS2/c17-11-1-5-13(6-2-11)22-10-9-15(21)20-12-3-7-14(8-4-12)23-16(18)19/h1-8,16H,9-10H2,(H,20,21). The number of rotatable bonds is 7. The molecule has 0 aliphatic rings. The summed E-state index contributed by atoms with van der Waals surface area (Å²) in [5, 5.41) is 2.71. The normalized spacial score (nSPS) is 10.8. The van der Waals surface area contributed by atoms with Crippen LogP contribution in [0.1, 0.15) is 6.42 Å². The number of thioether (sulfide) groups is 2. The molecule has 0 unspecified atom stereocenters. The van der Waals surface area contributed by atoms with Gasteiger partial charge in [-0.25, -0.2) is 4.39 Å². The van der Waals surface area contributed by atoms with Crippen LogP contribution in [0.5, 0.6) is 0 Å². The van der Waals surface area contributed by atoms with Crippen molar-refractivity contribution in [2.75, 3.05) is 11.1 Å². The van der Waals surface area contributed by atoms with E-state index in [4.69, 9.17) is 0 Å². The van der Waals surface area contributed by atoms with Crippen LogP contribution in [-0.4, -0.2) is 17.4 Å².